The highest BCUT2D eigenvalue weighted by molar-refractivity contribution is 6.20. The molecule has 1 aliphatic carbocycles. The second-order valence-electron chi connectivity index (χ2n) is 10.1. The van der Waals surface area contributed by atoms with Gasteiger partial charge in [0.25, 0.3) is 0 Å². The van der Waals surface area contributed by atoms with Crippen LogP contribution in [0.1, 0.15) is 17.9 Å². The van der Waals surface area contributed by atoms with Crippen LogP contribution in [0.15, 0.2) is 120 Å². The van der Waals surface area contributed by atoms with Crippen LogP contribution < -0.4 is 0 Å². The highest BCUT2D eigenvalue weighted by Crippen LogP contribution is 2.44. The van der Waals surface area contributed by atoms with E-state index in [-0.39, 0.29) is 0 Å². The van der Waals surface area contributed by atoms with Crippen molar-refractivity contribution in [3.8, 4) is 45.6 Å². The van der Waals surface area contributed by atoms with Crippen molar-refractivity contribution in [1.82, 2.24) is 19.9 Å². The molecule has 0 unspecified atom stereocenters. The van der Waals surface area contributed by atoms with Crippen molar-refractivity contribution in [1.29, 1.82) is 0 Å². The molecule has 8 rings (SSSR count). The largest absolute Gasteiger partial charge is 0.440 e. The average molecular weight is 529 g/mol. The Labute approximate surface area is 236 Å². The molecule has 0 fully saturated rings. The maximum Gasteiger partial charge on any atom is 0.228 e. The van der Waals surface area contributed by atoms with Crippen molar-refractivity contribution in [3.05, 3.63) is 127 Å². The Morgan fingerprint density at radius 3 is 1.59 bits per heavy atom. The number of rotatable bonds is 4. The fourth-order valence-electron chi connectivity index (χ4n) is 5.71. The van der Waals surface area contributed by atoms with Crippen LogP contribution in [0.4, 0.5) is 0 Å². The fourth-order valence-corrected chi connectivity index (χ4v) is 5.71. The summed E-state index contributed by atoms with van der Waals surface area (Å²) in [5, 5.41) is 4.35. The summed E-state index contributed by atoms with van der Waals surface area (Å²) in [5.74, 6) is 3.32. The van der Waals surface area contributed by atoms with Crippen molar-refractivity contribution >= 4 is 27.6 Å². The lowest BCUT2D eigenvalue weighted by Crippen LogP contribution is -2.02. The molecule has 7 aromatic rings. The van der Waals surface area contributed by atoms with Gasteiger partial charge >= 0.3 is 0 Å². The van der Waals surface area contributed by atoms with Gasteiger partial charge in [0.2, 0.25) is 5.89 Å². The summed E-state index contributed by atoms with van der Waals surface area (Å²) >= 11 is 0. The number of aromatic nitrogens is 4. The first-order valence-corrected chi connectivity index (χ1v) is 13.8. The molecule has 1 aliphatic rings. The number of nitrogens with zero attached hydrogens (tertiary/aromatic N) is 4. The molecule has 41 heavy (non-hydrogen) atoms. The van der Waals surface area contributed by atoms with Crippen molar-refractivity contribution < 1.29 is 4.42 Å². The Balaban J connectivity index is 1.51. The zero-order valence-corrected chi connectivity index (χ0v) is 22.2. The summed E-state index contributed by atoms with van der Waals surface area (Å²) in [5.41, 5.74) is 4.53. The smallest absolute Gasteiger partial charge is 0.228 e. The maximum atomic E-state index is 6.51. The normalized spacial score (nSPS) is 12.6. The monoisotopic (exact) mass is 528 g/mol. The Morgan fingerprint density at radius 2 is 1.00 bits per heavy atom. The number of allylic oxidation sites excluding steroid dienone is 1. The third-order valence-corrected chi connectivity index (χ3v) is 7.61. The lowest BCUT2D eigenvalue weighted by atomic mass is 9.91. The lowest BCUT2D eigenvalue weighted by Gasteiger charge is -2.16. The minimum atomic E-state index is 0.585. The maximum absolute atomic E-state index is 6.51. The molecule has 2 heterocycles. The summed E-state index contributed by atoms with van der Waals surface area (Å²) in [4.78, 5) is 20.2. The molecule has 0 saturated carbocycles. The molecule has 0 spiro atoms. The predicted molar refractivity (Wildman–Crippen MR) is 164 cm³/mol. The quantitative estimate of drug-likeness (QED) is 0.214. The first kappa shape index (κ1) is 23.5. The molecule has 0 N–H and O–H groups in total. The topological polar surface area (TPSA) is 64.7 Å². The van der Waals surface area contributed by atoms with Crippen molar-refractivity contribution in [2.75, 3.05) is 0 Å². The second kappa shape index (κ2) is 9.65. The van der Waals surface area contributed by atoms with E-state index in [9.17, 15) is 0 Å². The third kappa shape index (κ3) is 4.02. The van der Waals surface area contributed by atoms with E-state index < -0.39 is 0 Å². The molecule has 194 valence electrons. The van der Waals surface area contributed by atoms with Crippen LogP contribution in [0.25, 0.3) is 73.2 Å². The Bertz CT molecular complexity index is 2040. The van der Waals surface area contributed by atoms with Gasteiger partial charge < -0.3 is 4.42 Å². The molecular weight excluding hydrogens is 504 g/mol. The summed E-state index contributed by atoms with van der Waals surface area (Å²) in [7, 11) is 0. The van der Waals surface area contributed by atoms with Gasteiger partial charge in [0.15, 0.2) is 17.5 Å². The number of aryl methyl sites for hydroxylation is 1. The van der Waals surface area contributed by atoms with Crippen molar-refractivity contribution in [2.24, 2.45) is 0 Å². The highest BCUT2D eigenvalue weighted by Gasteiger charge is 2.25. The molecule has 5 nitrogen and oxygen atoms in total. The first-order valence-electron chi connectivity index (χ1n) is 13.8. The number of hydrogen-bond acceptors (Lipinski definition) is 5. The molecular formula is C36H24N4O. The first-order chi connectivity index (χ1) is 20.3. The van der Waals surface area contributed by atoms with Crippen LogP contribution >= 0.6 is 0 Å². The van der Waals surface area contributed by atoms with E-state index in [1.807, 2.05) is 60.7 Å². The molecule has 0 bridgehead atoms. The van der Waals surface area contributed by atoms with Crippen LogP contribution in [0.5, 0.6) is 0 Å². The van der Waals surface area contributed by atoms with Gasteiger partial charge in [0.05, 0.1) is 5.56 Å². The van der Waals surface area contributed by atoms with Gasteiger partial charge in [-0.05, 0) is 34.0 Å². The minimum Gasteiger partial charge on any atom is -0.440 e. The van der Waals surface area contributed by atoms with Gasteiger partial charge in [-0.2, -0.15) is 0 Å². The molecule has 5 heteroatoms. The summed E-state index contributed by atoms with van der Waals surface area (Å²) in [6.45, 7) is 0. The van der Waals surface area contributed by atoms with Gasteiger partial charge in [-0.25, -0.2) is 19.9 Å². The van der Waals surface area contributed by atoms with E-state index in [0.717, 1.165) is 68.1 Å². The Kier molecular flexibility index (Phi) is 5.52. The number of fused-ring (bicyclic) bond motifs is 4. The standard InChI is InChI=1S/C36H24N4O/c1-3-13-23(14-4-1)33-38-34(24-15-5-2-6-16-24)40-35(39-33)31-27-19-9-7-17-25(27)26-18-8-10-20-28(26)32(31)36-37-29-21-11-12-22-30(29)41-36/h1-11,13-21H,12,22H2. The summed E-state index contributed by atoms with van der Waals surface area (Å²) < 4.78 is 6.51. The minimum absolute atomic E-state index is 0.585. The van der Waals surface area contributed by atoms with Gasteiger partial charge in [-0.15, -0.1) is 0 Å². The van der Waals surface area contributed by atoms with Crippen LogP contribution in [-0.2, 0) is 6.42 Å². The van der Waals surface area contributed by atoms with E-state index in [4.69, 9.17) is 24.4 Å². The molecule has 0 saturated heterocycles. The summed E-state index contributed by atoms with van der Waals surface area (Å²) in [6, 6.07) is 37.0. The Hall–Kier alpha value is -5.42. The van der Waals surface area contributed by atoms with Crippen molar-refractivity contribution in [2.45, 2.75) is 12.8 Å². The van der Waals surface area contributed by atoms with E-state index in [0.29, 0.717) is 23.4 Å². The van der Waals surface area contributed by atoms with Crippen LogP contribution in [0.3, 0.4) is 0 Å². The van der Waals surface area contributed by atoms with Gasteiger partial charge in [-0.3, -0.25) is 0 Å². The molecule has 0 aliphatic heterocycles. The van der Waals surface area contributed by atoms with Crippen molar-refractivity contribution in [3.63, 3.8) is 0 Å². The highest BCUT2D eigenvalue weighted by atomic mass is 16.4. The number of benzene rings is 5. The fraction of sp³-hybridized carbons (Fsp3) is 0.0556. The molecule has 2 aromatic heterocycles. The summed E-state index contributed by atoms with van der Waals surface area (Å²) in [6.07, 6.45) is 5.99. The van der Waals surface area contributed by atoms with Crippen LogP contribution in [-0.4, -0.2) is 19.9 Å². The third-order valence-electron chi connectivity index (χ3n) is 7.61. The SMILES string of the molecule is C1=Cc2nc(-c3c(-c4nc(-c5ccccc5)nc(-c5ccccc5)n4)c4ccccc4c4ccccc34)oc2CC1. The van der Waals surface area contributed by atoms with E-state index in [1.165, 1.54) is 0 Å². The second-order valence-corrected chi connectivity index (χ2v) is 10.1. The Morgan fingerprint density at radius 1 is 0.488 bits per heavy atom. The molecule has 5 aromatic carbocycles. The van der Waals surface area contributed by atoms with E-state index in [2.05, 4.69) is 60.7 Å². The van der Waals surface area contributed by atoms with Gasteiger partial charge in [-0.1, -0.05) is 115 Å². The molecule has 0 radical (unpaired) electrons. The molecule has 0 atom stereocenters. The lowest BCUT2D eigenvalue weighted by molar-refractivity contribution is 0.517. The molecule has 0 amide bonds. The number of oxazole rings is 1. The average Bonchev–Trinajstić information content (AvgIpc) is 3.49. The van der Waals surface area contributed by atoms with Gasteiger partial charge in [0.1, 0.15) is 11.5 Å². The predicted octanol–water partition coefficient (Wildman–Crippen LogP) is 8.79. The van der Waals surface area contributed by atoms with Gasteiger partial charge in [0, 0.05) is 23.1 Å². The van der Waals surface area contributed by atoms with Crippen LogP contribution in [0, 0.1) is 0 Å². The zero-order valence-electron chi connectivity index (χ0n) is 22.2. The zero-order chi connectivity index (χ0) is 27.2. The van der Waals surface area contributed by atoms with E-state index >= 15 is 0 Å². The number of hydrogen-bond donors (Lipinski definition) is 0. The van der Waals surface area contributed by atoms with E-state index in [1.54, 1.807) is 0 Å². The van der Waals surface area contributed by atoms with Crippen LogP contribution in [0.2, 0.25) is 0 Å².